The van der Waals surface area contributed by atoms with E-state index in [9.17, 15) is 4.79 Å². The zero-order valence-electron chi connectivity index (χ0n) is 12.7. The van der Waals surface area contributed by atoms with Crippen molar-refractivity contribution in [2.45, 2.75) is 39.7 Å². The van der Waals surface area contributed by atoms with Crippen molar-refractivity contribution >= 4 is 22.0 Å². The van der Waals surface area contributed by atoms with Crippen molar-refractivity contribution in [1.29, 1.82) is 0 Å². The molecular formula is C16H19BrN2O2. The summed E-state index contributed by atoms with van der Waals surface area (Å²) in [7, 11) is 0. The van der Waals surface area contributed by atoms with Gasteiger partial charge in [-0.1, -0.05) is 35.0 Å². The van der Waals surface area contributed by atoms with Crippen LogP contribution in [0, 0.1) is 0 Å². The van der Waals surface area contributed by atoms with Crippen molar-refractivity contribution in [2.75, 3.05) is 0 Å². The highest BCUT2D eigenvalue weighted by Gasteiger charge is 2.21. The molecule has 1 aromatic carbocycles. The van der Waals surface area contributed by atoms with Crippen LogP contribution >= 0.6 is 15.9 Å². The molecular weight excluding hydrogens is 332 g/mol. The minimum atomic E-state index is -0.536. The predicted octanol–water partition coefficient (Wildman–Crippen LogP) is 4.66. The standard InChI is InChI=1S/C16H19BrN2O2/c1-5-13-10-14(11-6-8-12(17)9-7-11)18-19(13)15(20)21-16(2,3)4/h6-10H,5H2,1-4H3. The van der Waals surface area contributed by atoms with Crippen molar-refractivity contribution in [3.63, 3.8) is 0 Å². The molecule has 0 unspecified atom stereocenters. The third-order valence-corrected chi connectivity index (χ3v) is 3.38. The molecule has 0 aliphatic heterocycles. The molecule has 0 saturated carbocycles. The highest BCUT2D eigenvalue weighted by molar-refractivity contribution is 9.10. The van der Waals surface area contributed by atoms with Gasteiger partial charge in [0.2, 0.25) is 0 Å². The minimum absolute atomic E-state index is 0.442. The maximum absolute atomic E-state index is 12.2. The average molecular weight is 351 g/mol. The number of carbonyl (C=O) groups excluding carboxylic acids is 1. The van der Waals surface area contributed by atoms with Crippen LogP contribution in [0.15, 0.2) is 34.8 Å². The number of rotatable bonds is 2. The van der Waals surface area contributed by atoms with Gasteiger partial charge in [-0.2, -0.15) is 9.78 Å². The lowest BCUT2D eigenvalue weighted by atomic mass is 10.1. The normalized spacial score (nSPS) is 11.5. The van der Waals surface area contributed by atoms with Gasteiger partial charge in [0, 0.05) is 10.0 Å². The lowest BCUT2D eigenvalue weighted by molar-refractivity contribution is 0.0510. The molecule has 2 rings (SSSR count). The summed E-state index contributed by atoms with van der Waals surface area (Å²) in [6.45, 7) is 7.52. The topological polar surface area (TPSA) is 44.1 Å². The summed E-state index contributed by atoms with van der Waals surface area (Å²) in [5, 5.41) is 4.39. The lowest BCUT2D eigenvalue weighted by Crippen LogP contribution is -2.28. The minimum Gasteiger partial charge on any atom is -0.442 e. The van der Waals surface area contributed by atoms with Gasteiger partial charge in [0.15, 0.2) is 0 Å². The van der Waals surface area contributed by atoms with E-state index >= 15 is 0 Å². The zero-order chi connectivity index (χ0) is 15.6. The average Bonchev–Trinajstić information content (AvgIpc) is 2.82. The smallest absolute Gasteiger partial charge is 0.435 e. The number of aromatic nitrogens is 2. The van der Waals surface area contributed by atoms with E-state index in [-0.39, 0.29) is 0 Å². The van der Waals surface area contributed by atoms with Crippen molar-refractivity contribution in [3.8, 4) is 11.3 Å². The SMILES string of the molecule is CCc1cc(-c2ccc(Br)cc2)nn1C(=O)OC(C)(C)C. The first-order valence-corrected chi connectivity index (χ1v) is 7.67. The summed E-state index contributed by atoms with van der Waals surface area (Å²) < 4.78 is 7.75. The second-order valence-corrected chi connectivity index (χ2v) is 6.69. The first-order valence-electron chi connectivity index (χ1n) is 6.88. The van der Waals surface area contributed by atoms with E-state index < -0.39 is 11.7 Å². The Labute approximate surface area is 133 Å². The van der Waals surface area contributed by atoms with Crippen LogP contribution in [0.2, 0.25) is 0 Å². The van der Waals surface area contributed by atoms with E-state index in [4.69, 9.17) is 4.74 Å². The van der Waals surface area contributed by atoms with E-state index in [1.165, 1.54) is 4.68 Å². The molecule has 0 amide bonds. The molecule has 0 saturated heterocycles. The Bertz CT molecular complexity index is 639. The molecule has 5 heteroatoms. The van der Waals surface area contributed by atoms with Crippen LogP contribution in [0.5, 0.6) is 0 Å². The van der Waals surface area contributed by atoms with E-state index in [1.807, 2.05) is 58.0 Å². The predicted molar refractivity (Wildman–Crippen MR) is 86.4 cm³/mol. The van der Waals surface area contributed by atoms with E-state index in [0.29, 0.717) is 6.42 Å². The molecule has 0 spiro atoms. The fraction of sp³-hybridized carbons (Fsp3) is 0.375. The summed E-state index contributed by atoms with van der Waals surface area (Å²) in [6.07, 6.45) is 0.269. The maximum Gasteiger partial charge on any atom is 0.435 e. The summed E-state index contributed by atoms with van der Waals surface area (Å²) in [4.78, 5) is 12.2. The van der Waals surface area contributed by atoms with Gasteiger partial charge in [-0.05, 0) is 45.4 Å². The van der Waals surface area contributed by atoms with Crippen LogP contribution in [-0.2, 0) is 11.2 Å². The lowest BCUT2D eigenvalue weighted by Gasteiger charge is -2.19. The Kier molecular flexibility index (Phi) is 4.52. The number of carbonyl (C=O) groups is 1. The van der Waals surface area contributed by atoms with Crippen LogP contribution in [0.1, 0.15) is 33.4 Å². The number of halogens is 1. The van der Waals surface area contributed by atoms with Gasteiger partial charge < -0.3 is 4.74 Å². The monoisotopic (exact) mass is 350 g/mol. The van der Waals surface area contributed by atoms with Gasteiger partial charge in [0.25, 0.3) is 0 Å². The van der Waals surface area contributed by atoms with Crippen molar-refractivity contribution < 1.29 is 9.53 Å². The fourth-order valence-corrected chi connectivity index (χ4v) is 2.16. The number of aryl methyl sites for hydroxylation is 1. The van der Waals surface area contributed by atoms with E-state index in [1.54, 1.807) is 0 Å². The van der Waals surface area contributed by atoms with Crippen LogP contribution in [0.4, 0.5) is 4.79 Å². The summed E-state index contributed by atoms with van der Waals surface area (Å²) in [5.74, 6) is 0. The molecule has 0 fully saturated rings. The Hall–Kier alpha value is -1.62. The van der Waals surface area contributed by atoms with Crippen LogP contribution in [0.25, 0.3) is 11.3 Å². The number of benzene rings is 1. The third-order valence-electron chi connectivity index (χ3n) is 2.85. The second-order valence-electron chi connectivity index (χ2n) is 5.77. The Morgan fingerprint density at radius 3 is 2.43 bits per heavy atom. The van der Waals surface area contributed by atoms with Gasteiger partial charge >= 0.3 is 6.09 Å². The molecule has 0 N–H and O–H groups in total. The van der Waals surface area contributed by atoms with Crippen LogP contribution in [0.3, 0.4) is 0 Å². The van der Waals surface area contributed by atoms with Gasteiger partial charge in [-0.3, -0.25) is 0 Å². The quantitative estimate of drug-likeness (QED) is 0.791. The molecule has 112 valence electrons. The zero-order valence-corrected chi connectivity index (χ0v) is 14.3. The highest BCUT2D eigenvalue weighted by atomic mass is 79.9. The van der Waals surface area contributed by atoms with E-state index in [2.05, 4.69) is 21.0 Å². The van der Waals surface area contributed by atoms with Gasteiger partial charge in [-0.15, -0.1) is 0 Å². The van der Waals surface area contributed by atoms with Gasteiger partial charge in [-0.25, -0.2) is 4.79 Å². The number of hydrogen-bond acceptors (Lipinski definition) is 3. The van der Waals surface area contributed by atoms with Crippen molar-refractivity contribution in [2.24, 2.45) is 0 Å². The molecule has 0 bridgehead atoms. The van der Waals surface area contributed by atoms with Crippen LogP contribution < -0.4 is 0 Å². The summed E-state index contributed by atoms with van der Waals surface area (Å²) >= 11 is 3.41. The summed E-state index contributed by atoms with van der Waals surface area (Å²) in [5.41, 5.74) is 2.04. The molecule has 0 atom stereocenters. The number of hydrogen-bond donors (Lipinski definition) is 0. The molecule has 21 heavy (non-hydrogen) atoms. The maximum atomic E-state index is 12.2. The van der Waals surface area contributed by atoms with Crippen molar-refractivity contribution in [1.82, 2.24) is 9.78 Å². The Morgan fingerprint density at radius 1 is 1.29 bits per heavy atom. The molecule has 0 radical (unpaired) electrons. The summed E-state index contributed by atoms with van der Waals surface area (Å²) in [6, 6.07) is 9.75. The fourth-order valence-electron chi connectivity index (χ4n) is 1.90. The van der Waals surface area contributed by atoms with E-state index in [0.717, 1.165) is 21.4 Å². The number of nitrogens with zero attached hydrogens (tertiary/aromatic N) is 2. The van der Waals surface area contributed by atoms with Gasteiger partial charge in [0.1, 0.15) is 5.60 Å². The third kappa shape index (κ3) is 3.94. The first-order chi connectivity index (χ1) is 9.80. The largest absolute Gasteiger partial charge is 0.442 e. The highest BCUT2D eigenvalue weighted by Crippen LogP contribution is 2.22. The number of ether oxygens (including phenoxy) is 1. The molecule has 1 heterocycles. The second kappa shape index (κ2) is 6.02. The Balaban J connectivity index is 2.35. The Morgan fingerprint density at radius 2 is 1.90 bits per heavy atom. The van der Waals surface area contributed by atoms with Gasteiger partial charge in [0.05, 0.1) is 11.4 Å². The van der Waals surface area contributed by atoms with Crippen LogP contribution in [-0.4, -0.2) is 21.5 Å². The molecule has 0 aliphatic rings. The first kappa shape index (κ1) is 15.8. The molecule has 4 nitrogen and oxygen atoms in total. The molecule has 1 aromatic heterocycles. The molecule has 2 aromatic rings. The van der Waals surface area contributed by atoms with Crippen molar-refractivity contribution in [3.05, 3.63) is 40.5 Å². The molecule has 0 aliphatic carbocycles.